The molecule has 1 N–H and O–H groups in total. The maximum absolute atomic E-state index is 12.0. The van der Waals surface area contributed by atoms with Crippen molar-refractivity contribution in [2.75, 3.05) is 6.54 Å². The summed E-state index contributed by atoms with van der Waals surface area (Å²) in [5.74, 6) is -0.246. The zero-order valence-corrected chi connectivity index (χ0v) is 11.4. The van der Waals surface area contributed by atoms with Gasteiger partial charge >= 0.3 is 6.09 Å². The molecule has 0 heterocycles. The molecule has 1 amide bonds. The number of carboxylic acid groups (broad SMARTS) is 1. The summed E-state index contributed by atoms with van der Waals surface area (Å²) >= 11 is 5.73. The van der Waals surface area contributed by atoms with E-state index in [0.717, 1.165) is 4.90 Å². The van der Waals surface area contributed by atoms with E-state index in [-0.39, 0.29) is 12.3 Å². The summed E-state index contributed by atoms with van der Waals surface area (Å²) in [7, 11) is 0. The van der Waals surface area contributed by atoms with Crippen molar-refractivity contribution >= 4 is 23.5 Å². The summed E-state index contributed by atoms with van der Waals surface area (Å²) in [5, 5.41) is 9.64. The van der Waals surface area contributed by atoms with Gasteiger partial charge in [0, 0.05) is 16.1 Å². The van der Waals surface area contributed by atoms with Gasteiger partial charge in [-0.3, -0.25) is 9.69 Å². The smallest absolute Gasteiger partial charge is 0.408 e. The van der Waals surface area contributed by atoms with E-state index in [2.05, 4.69) is 0 Å². The van der Waals surface area contributed by atoms with Gasteiger partial charge in [0.15, 0.2) is 5.78 Å². The lowest BCUT2D eigenvalue weighted by Crippen LogP contribution is -2.47. The van der Waals surface area contributed by atoms with Gasteiger partial charge in [0.2, 0.25) is 0 Å². The molecule has 98 valence electrons. The highest BCUT2D eigenvalue weighted by atomic mass is 35.5. The van der Waals surface area contributed by atoms with Crippen LogP contribution in [0.5, 0.6) is 0 Å². The van der Waals surface area contributed by atoms with E-state index >= 15 is 0 Å². The van der Waals surface area contributed by atoms with Crippen LogP contribution >= 0.6 is 11.6 Å². The Kier molecular flexibility index (Phi) is 4.35. The Labute approximate surface area is 111 Å². The van der Waals surface area contributed by atoms with E-state index < -0.39 is 11.6 Å². The zero-order valence-electron chi connectivity index (χ0n) is 10.6. The number of carbonyl (C=O) groups excluding carboxylic acids is 1. The van der Waals surface area contributed by atoms with Gasteiger partial charge in [-0.05, 0) is 45.0 Å². The van der Waals surface area contributed by atoms with Crippen molar-refractivity contribution in [1.82, 2.24) is 4.90 Å². The lowest BCUT2D eigenvalue weighted by atomic mass is 10.0. The maximum Gasteiger partial charge on any atom is 0.408 e. The number of amides is 1. The number of Topliss-reactive ketones (excluding diaryl/α,β-unsaturated/α-hetero) is 1. The Bertz CT molecular complexity index is 448. The molecular formula is C13H16ClNO3. The normalized spacial score (nSPS) is 11.1. The highest BCUT2D eigenvalue weighted by Crippen LogP contribution is 2.16. The minimum Gasteiger partial charge on any atom is -0.465 e. The number of ketones is 1. The van der Waals surface area contributed by atoms with Crippen molar-refractivity contribution in [3.63, 3.8) is 0 Å². The second-order valence-electron chi connectivity index (χ2n) is 4.97. The number of hydrogen-bond acceptors (Lipinski definition) is 2. The van der Waals surface area contributed by atoms with Crippen LogP contribution in [0.4, 0.5) is 4.79 Å². The first kappa shape index (κ1) is 14.5. The fourth-order valence-corrected chi connectivity index (χ4v) is 1.59. The van der Waals surface area contributed by atoms with Crippen LogP contribution in [-0.4, -0.2) is 34.0 Å². The first-order chi connectivity index (χ1) is 8.21. The van der Waals surface area contributed by atoms with Gasteiger partial charge in [0.25, 0.3) is 0 Å². The van der Waals surface area contributed by atoms with E-state index in [1.165, 1.54) is 0 Å². The molecule has 0 aromatic heterocycles. The van der Waals surface area contributed by atoms with Crippen LogP contribution in [0.1, 0.15) is 31.1 Å². The summed E-state index contributed by atoms with van der Waals surface area (Å²) in [4.78, 5) is 24.2. The van der Waals surface area contributed by atoms with Crippen LogP contribution in [0, 0.1) is 0 Å². The third-order valence-electron chi connectivity index (χ3n) is 2.51. The quantitative estimate of drug-likeness (QED) is 0.857. The first-order valence-corrected chi connectivity index (χ1v) is 5.89. The molecular weight excluding hydrogens is 254 g/mol. The van der Waals surface area contributed by atoms with Crippen LogP contribution in [0.25, 0.3) is 0 Å². The van der Waals surface area contributed by atoms with Gasteiger partial charge in [0.05, 0.1) is 6.54 Å². The third-order valence-corrected chi connectivity index (χ3v) is 2.76. The molecule has 0 spiro atoms. The lowest BCUT2D eigenvalue weighted by Gasteiger charge is -2.32. The molecule has 18 heavy (non-hydrogen) atoms. The number of rotatable bonds is 3. The molecule has 0 aliphatic heterocycles. The molecule has 5 heteroatoms. The molecule has 0 fully saturated rings. The van der Waals surface area contributed by atoms with Gasteiger partial charge in [-0.1, -0.05) is 11.6 Å². The molecule has 1 rings (SSSR count). The lowest BCUT2D eigenvalue weighted by molar-refractivity contribution is 0.0766. The summed E-state index contributed by atoms with van der Waals surface area (Å²) in [6.07, 6.45) is -1.11. The molecule has 0 radical (unpaired) electrons. The van der Waals surface area contributed by atoms with E-state index in [4.69, 9.17) is 16.7 Å². The van der Waals surface area contributed by atoms with E-state index in [1.807, 2.05) is 0 Å². The van der Waals surface area contributed by atoms with E-state index in [1.54, 1.807) is 45.0 Å². The number of benzene rings is 1. The van der Waals surface area contributed by atoms with Crippen molar-refractivity contribution < 1.29 is 14.7 Å². The molecule has 4 nitrogen and oxygen atoms in total. The van der Waals surface area contributed by atoms with Crippen LogP contribution in [0.3, 0.4) is 0 Å². The van der Waals surface area contributed by atoms with Crippen molar-refractivity contribution in [2.45, 2.75) is 26.3 Å². The monoisotopic (exact) mass is 269 g/mol. The fraction of sp³-hybridized carbons (Fsp3) is 0.385. The SMILES string of the molecule is CC(C)(C)N(CC(=O)c1ccc(Cl)cc1)C(=O)O. The molecule has 1 aromatic rings. The number of halogens is 1. The van der Waals surface area contributed by atoms with Crippen LogP contribution in [0.15, 0.2) is 24.3 Å². The average Bonchev–Trinajstić information content (AvgIpc) is 2.24. The second-order valence-corrected chi connectivity index (χ2v) is 5.41. The molecule has 0 saturated carbocycles. The second kappa shape index (κ2) is 5.40. The largest absolute Gasteiger partial charge is 0.465 e. The van der Waals surface area contributed by atoms with Crippen LogP contribution in [-0.2, 0) is 0 Å². The summed E-state index contributed by atoms with van der Waals surface area (Å²) in [5.41, 5.74) is -0.164. The summed E-state index contributed by atoms with van der Waals surface area (Å²) in [6, 6.07) is 6.40. The van der Waals surface area contributed by atoms with E-state index in [9.17, 15) is 9.59 Å². The zero-order chi connectivity index (χ0) is 13.9. The average molecular weight is 270 g/mol. The summed E-state index contributed by atoms with van der Waals surface area (Å²) < 4.78 is 0. The van der Waals surface area contributed by atoms with Crippen molar-refractivity contribution in [2.24, 2.45) is 0 Å². The van der Waals surface area contributed by atoms with Crippen molar-refractivity contribution in [1.29, 1.82) is 0 Å². The van der Waals surface area contributed by atoms with Gasteiger partial charge in [-0.25, -0.2) is 4.79 Å². The highest BCUT2D eigenvalue weighted by molar-refractivity contribution is 6.30. The fourth-order valence-electron chi connectivity index (χ4n) is 1.46. The van der Waals surface area contributed by atoms with Crippen LogP contribution in [0.2, 0.25) is 5.02 Å². The molecule has 0 unspecified atom stereocenters. The van der Waals surface area contributed by atoms with Gasteiger partial charge < -0.3 is 5.11 Å². The highest BCUT2D eigenvalue weighted by Gasteiger charge is 2.28. The maximum atomic E-state index is 12.0. The predicted molar refractivity (Wildman–Crippen MR) is 70.3 cm³/mol. The Balaban J connectivity index is 2.86. The molecule has 0 aliphatic carbocycles. The molecule has 0 bridgehead atoms. The Hall–Kier alpha value is -1.55. The van der Waals surface area contributed by atoms with Crippen LogP contribution < -0.4 is 0 Å². The van der Waals surface area contributed by atoms with Gasteiger partial charge in [0.1, 0.15) is 0 Å². The predicted octanol–water partition coefficient (Wildman–Crippen LogP) is 3.30. The third kappa shape index (κ3) is 3.74. The van der Waals surface area contributed by atoms with Crippen molar-refractivity contribution in [3.8, 4) is 0 Å². The van der Waals surface area contributed by atoms with E-state index in [0.29, 0.717) is 10.6 Å². The molecule has 0 aliphatic rings. The Morgan fingerprint density at radius 3 is 2.11 bits per heavy atom. The van der Waals surface area contributed by atoms with Gasteiger partial charge in [-0.2, -0.15) is 0 Å². The topological polar surface area (TPSA) is 57.6 Å². The molecule has 0 saturated heterocycles. The molecule has 0 atom stereocenters. The standard InChI is InChI=1S/C13H16ClNO3/c1-13(2,3)15(12(17)18)8-11(16)9-4-6-10(14)7-5-9/h4-7H,8H2,1-3H3,(H,17,18). The number of hydrogen-bond donors (Lipinski definition) is 1. The molecule has 1 aromatic carbocycles. The number of carbonyl (C=O) groups is 2. The minimum atomic E-state index is -1.11. The number of nitrogens with zero attached hydrogens (tertiary/aromatic N) is 1. The Morgan fingerprint density at radius 1 is 1.22 bits per heavy atom. The van der Waals surface area contributed by atoms with Gasteiger partial charge in [-0.15, -0.1) is 0 Å². The first-order valence-electron chi connectivity index (χ1n) is 5.51. The minimum absolute atomic E-state index is 0.166. The Morgan fingerprint density at radius 2 is 1.72 bits per heavy atom. The van der Waals surface area contributed by atoms with Crippen molar-refractivity contribution in [3.05, 3.63) is 34.9 Å². The summed E-state index contributed by atoms with van der Waals surface area (Å²) in [6.45, 7) is 5.07.